The summed E-state index contributed by atoms with van der Waals surface area (Å²) in [5, 5.41) is 7.74. The first kappa shape index (κ1) is 14.0. The number of aromatic nitrogens is 2. The number of benzene rings is 1. The molecule has 0 bridgehead atoms. The zero-order valence-corrected chi connectivity index (χ0v) is 12.0. The zero-order chi connectivity index (χ0) is 14.0. The number of aryl methyl sites for hydroxylation is 1. The molecule has 0 aliphatic rings. The van der Waals surface area contributed by atoms with Crippen LogP contribution in [0.25, 0.3) is 0 Å². The number of hydrogen-bond acceptors (Lipinski definition) is 2. The highest BCUT2D eigenvalue weighted by Crippen LogP contribution is 2.21. The van der Waals surface area contributed by atoms with Gasteiger partial charge in [-0.05, 0) is 31.5 Å². The van der Waals surface area contributed by atoms with Gasteiger partial charge in [-0.25, -0.2) is 4.39 Å². The number of hydrogen-bond donors (Lipinski definition) is 1. The molecular formula is C14H17ClFN3. The van der Waals surface area contributed by atoms with Gasteiger partial charge in [-0.1, -0.05) is 17.7 Å². The minimum atomic E-state index is -0.388. The van der Waals surface area contributed by atoms with Crippen molar-refractivity contribution in [1.29, 1.82) is 0 Å². The number of nitrogens with zero attached hydrogens (tertiary/aromatic N) is 2. The summed E-state index contributed by atoms with van der Waals surface area (Å²) in [5.74, 6) is -0.388. The minimum absolute atomic E-state index is 0.0951. The SMILES string of the molecule is Cc1c(CNC(C)c2ccc(F)c(Cl)c2)cnn1C. The Kier molecular flexibility index (Phi) is 4.22. The second kappa shape index (κ2) is 5.72. The summed E-state index contributed by atoms with van der Waals surface area (Å²) in [5.41, 5.74) is 3.26. The quantitative estimate of drug-likeness (QED) is 0.931. The van der Waals surface area contributed by atoms with Gasteiger partial charge in [0, 0.05) is 30.9 Å². The zero-order valence-electron chi connectivity index (χ0n) is 11.2. The van der Waals surface area contributed by atoms with E-state index < -0.39 is 0 Å². The van der Waals surface area contributed by atoms with E-state index in [9.17, 15) is 4.39 Å². The van der Waals surface area contributed by atoms with Crippen LogP contribution in [0.4, 0.5) is 4.39 Å². The van der Waals surface area contributed by atoms with Crippen molar-refractivity contribution in [3.05, 3.63) is 52.1 Å². The van der Waals surface area contributed by atoms with Crippen LogP contribution in [0, 0.1) is 12.7 Å². The van der Waals surface area contributed by atoms with Crippen molar-refractivity contribution >= 4 is 11.6 Å². The standard InChI is InChI=1S/C14H17ClFN3/c1-9(11-4-5-14(16)13(15)6-11)17-7-12-8-18-19(3)10(12)2/h4-6,8-9,17H,7H2,1-3H3. The summed E-state index contributed by atoms with van der Waals surface area (Å²) in [6.07, 6.45) is 1.85. The van der Waals surface area contributed by atoms with Crippen LogP contribution in [0.5, 0.6) is 0 Å². The fraction of sp³-hybridized carbons (Fsp3) is 0.357. The van der Waals surface area contributed by atoms with E-state index in [1.165, 1.54) is 6.07 Å². The Balaban J connectivity index is 2.03. The summed E-state index contributed by atoms with van der Waals surface area (Å²) >= 11 is 5.79. The topological polar surface area (TPSA) is 29.9 Å². The lowest BCUT2D eigenvalue weighted by atomic mass is 10.1. The fourth-order valence-electron chi connectivity index (χ4n) is 1.88. The number of rotatable bonds is 4. The van der Waals surface area contributed by atoms with Gasteiger partial charge in [-0.15, -0.1) is 0 Å². The van der Waals surface area contributed by atoms with Gasteiger partial charge in [0.25, 0.3) is 0 Å². The van der Waals surface area contributed by atoms with E-state index >= 15 is 0 Å². The van der Waals surface area contributed by atoms with Crippen molar-refractivity contribution in [1.82, 2.24) is 15.1 Å². The molecule has 1 atom stereocenters. The van der Waals surface area contributed by atoms with Crippen LogP contribution in [0.2, 0.25) is 5.02 Å². The van der Waals surface area contributed by atoms with Crippen LogP contribution in [0.15, 0.2) is 24.4 Å². The normalized spacial score (nSPS) is 12.7. The first-order valence-corrected chi connectivity index (χ1v) is 6.52. The van der Waals surface area contributed by atoms with Crippen molar-refractivity contribution in [3.63, 3.8) is 0 Å². The van der Waals surface area contributed by atoms with Gasteiger partial charge >= 0.3 is 0 Å². The molecule has 0 spiro atoms. The first-order valence-electron chi connectivity index (χ1n) is 6.15. The lowest BCUT2D eigenvalue weighted by Crippen LogP contribution is -2.18. The Morgan fingerprint density at radius 1 is 1.47 bits per heavy atom. The third kappa shape index (κ3) is 3.14. The van der Waals surface area contributed by atoms with Crippen molar-refractivity contribution in [3.8, 4) is 0 Å². The molecule has 0 radical (unpaired) electrons. The van der Waals surface area contributed by atoms with E-state index in [0.717, 1.165) is 23.4 Å². The summed E-state index contributed by atoms with van der Waals surface area (Å²) < 4.78 is 14.9. The smallest absolute Gasteiger partial charge is 0.141 e. The molecule has 1 unspecified atom stereocenters. The van der Waals surface area contributed by atoms with Crippen molar-refractivity contribution in [2.24, 2.45) is 7.05 Å². The Morgan fingerprint density at radius 2 is 2.21 bits per heavy atom. The van der Waals surface area contributed by atoms with Gasteiger partial charge in [-0.3, -0.25) is 4.68 Å². The molecule has 0 aliphatic carbocycles. The van der Waals surface area contributed by atoms with Crippen LogP contribution in [-0.2, 0) is 13.6 Å². The number of nitrogens with one attached hydrogen (secondary N) is 1. The molecule has 2 rings (SSSR count). The largest absolute Gasteiger partial charge is 0.306 e. The maximum Gasteiger partial charge on any atom is 0.141 e. The van der Waals surface area contributed by atoms with Gasteiger partial charge in [-0.2, -0.15) is 5.10 Å². The van der Waals surface area contributed by atoms with Crippen LogP contribution >= 0.6 is 11.6 Å². The molecule has 0 amide bonds. The van der Waals surface area contributed by atoms with Gasteiger partial charge in [0.05, 0.1) is 11.2 Å². The third-order valence-corrected chi connectivity index (χ3v) is 3.67. The van der Waals surface area contributed by atoms with Crippen LogP contribution in [0.1, 0.15) is 29.8 Å². The predicted molar refractivity (Wildman–Crippen MR) is 74.6 cm³/mol. The molecule has 1 heterocycles. The molecule has 19 heavy (non-hydrogen) atoms. The van der Waals surface area contributed by atoms with E-state index in [0.29, 0.717) is 0 Å². The maximum atomic E-state index is 13.1. The number of halogens is 2. The lowest BCUT2D eigenvalue weighted by molar-refractivity contribution is 0.569. The minimum Gasteiger partial charge on any atom is -0.306 e. The van der Waals surface area contributed by atoms with Gasteiger partial charge in [0.1, 0.15) is 5.82 Å². The molecule has 2 aromatic rings. The highest BCUT2D eigenvalue weighted by atomic mass is 35.5. The van der Waals surface area contributed by atoms with Crippen LogP contribution in [0.3, 0.4) is 0 Å². The van der Waals surface area contributed by atoms with E-state index in [-0.39, 0.29) is 16.9 Å². The molecule has 5 heteroatoms. The molecule has 102 valence electrons. The summed E-state index contributed by atoms with van der Waals surface area (Å²) in [4.78, 5) is 0. The predicted octanol–water partition coefficient (Wildman–Crippen LogP) is 3.37. The maximum absolute atomic E-state index is 13.1. The summed E-state index contributed by atoms with van der Waals surface area (Å²) in [6.45, 7) is 4.77. The van der Waals surface area contributed by atoms with Gasteiger partial charge < -0.3 is 5.32 Å². The molecule has 0 fully saturated rings. The molecule has 1 N–H and O–H groups in total. The van der Waals surface area contributed by atoms with E-state index in [2.05, 4.69) is 10.4 Å². The monoisotopic (exact) mass is 281 g/mol. The second-order valence-electron chi connectivity index (χ2n) is 4.65. The van der Waals surface area contributed by atoms with Gasteiger partial charge in [0.15, 0.2) is 0 Å². The highest BCUT2D eigenvalue weighted by Gasteiger charge is 2.09. The molecule has 0 aliphatic heterocycles. The Labute approximate surface area is 117 Å². The summed E-state index contributed by atoms with van der Waals surface area (Å²) in [7, 11) is 1.92. The van der Waals surface area contributed by atoms with Gasteiger partial charge in [0.2, 0.25) is 0 Å². The average molecular weight is 282 g/mol. The Bertz CT molecular complexity index is 580. The first-order chi connectivity index (χ1) is 8.99. The van der Waals surface area contributed by atoms with Crippen LogP contribution < -0.4 is 5.32 Å². The Morgan fingerprint density at radius 3 is 2.79 bits per heavy atom. The Hall–Kier alpha value is -1.39. The van der Waals surface area contributed by atoms with E-state index in [4.69, 9.17) is 11.6 Å². The fourth-order valence-corrected chi connectivity index (χ4v) is 2.07. The van der Waals surface area contributed by atoms with Crippen molar-refractivity contribution in [2.45, 2.75) is 26.4 Å². The van der Waals surface area contributed by atoms with Crippen molar-refractivity contribution < 1.29 is 4.39 Å². The third-order valence-electron chi connectivity index (χ3n) is 3.38. The van der Waals surface area contributed by atoms with Crippen LogP contribution in [-0.4, -0.2) is 9.78 Å². The van der Waals surface area contributed by atoms with E-state index in [1.807, 2.05) is 31.8 Å². The molecule has 0 saturated carbocycles. The average Bonchev–Trinajstić information content (AvgIpc) is 2.70. The molecule has 1 aromatic heterocycles. The second-order valence-corrected chi connectivity index (χ2v) is 5.06. The lowest BCUT2D eigenvalue weighted by Gasteiger charge is -2.14. The van der Waals surface area contributed by atoms with E-state index in [1.54, 1.807) is 12.1 Å². The molecule has 3 nitrogen and oxygen atoms in total. The highest BCUT2D eigenvalue weighted by molar-refractivity contribution is 6.30. The molecule has 1 aromatic carbocycles. The summed E-state index contributed by atoms with van der Waals surface area (Å²) in [6, 6.07) is 4.89. The molecule has 0 saturated heterocycles. The molecular weight excluding hydrogens is 265 g/mol. The van der Waals surface area contributed by atoms with Crippen molar-refractivity contribution in [2.75, 3.05) is 0 Å².